The maximum absolute atomic E-state index is 12.9. The highest BCUT2D eigenvalue weighted by molar-refractivity contribution is 9.10. The van der Waals surface area contributed by atoms with Gasteiger partial charge in [0.2, 0.25) is 15.9 Å². The van der Waals surface area contributed by atoms with Gasteiger partial charge in [-0.25, -0.2) is 8.42 Å². The maximum Gasteiger partial charge on any atom is 0.243 e. The van der Waals surface area contributed by atoms with Gasteiger partial charge >= 0.3 is 0 Å². The van der Waals surface area contributed by atoms with Crippen LogP contribution in [0.25, 0.3) is 0 Å². The quantitative estimate of drug-likeness (QED) is 0.736. The number of benzene rings is 2. The van der Waals surface area contributed by atoms with E-state index < -0.39 is 15.9 Å². The summed E-state index contributed by atoms with van der Waals surface area (Å²) in [6, 6.07) is 15.7. The third-order valence-corrected chi connectivity index (χ3v) is 7.12. The van der Waals surface area contributed by atoms with E-state index in [1.165, 1.54) is 4.31 Å². The van der Waals surface area contributed by atoms with E-state index in [1.54, 1.807) is 48.5 Å². The van der Waals surface area contributed by atoms with Crippen molar-refractivity contribution in [3.63, 3.8) is 0 Å². The molecule has 1 heterocycles. The van der Waals surface area contributed by atoms with Gasteiger partial charge in [0.1, 0.15) is 0 Å². The second-order valence-electron chi connectivity index (χ2n) is 6.68. The molecule has 1 aliphatic heterocycles. The average molecular weight is 462 g/mol. The third kappa shape index (κ3) is 4.79. The molecule has 1 N–H and O–H groups in total. The number of carbonyl (C=O) groups is 1. The lowest BCUT2D eigenvalue weighted by Crippen LogP contribution is -2.43. The average Bonchev–Trinajstić information content (AvgIpc) is 2.70. The van der Waals surface area contributed by atoms with Crippen LogP contribution in [0.15, 0.2) is 57.9 Å². The van der Waals surface area contributed by atoms with Crippen molar-refractivity contribution in [1.82, 2.24) is 4.31 Å². The molecule has 28 heavy (non-hydrogen) atoms. The van der Waals surface area contributed by atoms with Crippen LogP contribution in [0, 0.1) is 17.2 Å². The molecule has 2 aromatic carbocycles. The van der Waals surface area contributed by atoms with Gasteiger partial charge in [-0.15, -0.1) is 0 Å². The van der Waals surface area contributed by atoms with Crippen molar-refractivity contribution >= 4 is 37.5 Å². The van der Waals surface area contributed by atoms with Crippen LogP contribution in [0.5, 0.6) is 0 Å². The Hall–Kier alpha value is -2.21. The molecule has 2 aromatic rings. The zero-order valence-corrected chi connectivity index (χ0v) is 17.5. The number of hydrogen-bond donors (Lipinski definition) is 1. The van der Waals surface area contributed by atoms with Gasteiger partial charge in [-0.3, -0.25) is 4.79 Å². The van der Waals surface area contributed by atoms with E-state index in [0.29, 0.717) is 31.5 Å². The van der Waals surface area contributed by atoms with E-state index in [1.807, 2.05) is 0 Å². The van der Waals surface area contributed by atoms with E-state index in [2.05, 4.69) is 27.3 Å². The van der Waals surface area contributed by atoms with Gasteiger partial charge in [0.15, 0.2) is 0 Å². The lowest BCUT2D eigenvalue weighted by molar-refractivity contribution is -0.120. The summed E-state index contributed by atoms with van der Waals surface area (Å²) in [6.45, 7) is 0.571. The number of halogens is 1. The molecule has 1 fully saturated rings. The number of hydrogen-bond acceptors (Lipinski definition) is 4. The summed E-state index contributed by atoms with van der Waals surface area (Å²) in [4.78, 5) is 12.9. The van der Waals surface area contributed by atoms with Crippen LogP contribution in [0.4, 0.5) is 5.69 Å². The molecule has 1 saturated heterocycles. The second-order valence-corrected chi connectivity index (χ2v) is 9.53. The van der Waals surface area contributed by atoms with Crippen LogP contribution in [0.3, 0.4) is 0 Å². The van der Waals surface area contributed by atoms with E-state index in [-0.39, 0.29) is 17.3 Å². The summed E-state index contributed by atoms with van der Waals surface area (Å²) in [6.07, 6.45) is 1.60. The highest BCUT2D eigenvalue weighted by Gasteiger charge is 2.33. The van der Waals surface area contributed by atoms with Crippen LogP contribution in [0.2, 0.25) is 0 Å². The smallest absolute Gasteiger partial charge is 0.243 e. The molecule has 8 heteroatoms. The van der Waals surface area contributed by atoms with E-state index in [4.69, 9.17) is 5.26 Å². The Balaban J connectivity index is 1.67. The van der Waals surface area contributed by atoms with Gasteiger partial charge < -0.3 is 5.32 Å². The van der Waals surface area contributed by atoms with Gasteiger partial charge in [-0.2, -0.15) is 9.57 Å². The van der Waals surface area contributed by atoms with Gasteiger partial charge in [0.05, 0.1) is 23.3 Å². The Morgan fingerprint density at radius 1 is 1.18 bits per heavy atom. The summed E-state index contributed by atoms with van der Waals surface area (Å²) in [7, 11) is -3.63. The Morgan fingerprint density at radius 3 is 2.50 bits per heavy atom. The number of nitrogens with zero attached hydrogens (tertiary/aromatic N) is 2. The largest absolute Gasteiger partial charge is 0.326 e. The minimum atomic E-state index is -3.63. The van der Waals surface area contributed by atoms with Gasteiger partial charge in [0.25, 0.3) is 0 Å². The predicted octanol–water partition coefficient (Wildman–Crippen LogP) is 3.55. The lowest BCUT2D eigenvalue weighted by atomic mass is 9.98. The predicted molar refractivity (Wildman–Crippen MR) is 110 cm³/mol. The third-order valence-electron chi connectivity index (χ3n) is 4.71. The molecule has 0 spiro atoms. The van der Waals surface area contributed by atoms with Crippen LogP contribution < -0.4 is 5.32 Å². The molecule has 0 saturated carbocycles. The highest BCUT2D eigenvalue weighted by Crippen LogP contribution is 2.25. The summed E-state index contributed by atoms with van der Waals surface area (Å²) in [5.74, 6) is -0.596. The number of amides is 1. The fourth-order valence-electron chi connectivity index (χ4n) is 3.17. The first-order valence-electron chi connectivity index (χ1n) is 8.92. The summed E-state index contributed by atoms with van der Waals surface area (Å²) >= 11 is 3.30. The number of rotatable bonds is 5. The molecule has 0 radical (unpaired) electrons. The minimum absolute atomic E-state index is 0.163. The Morgan fingerprint density at radius 2 is 1.86 bits per heavy atom. The molecule has 0 unspecified atom stereocenters. The number of anilines is 1. The summed E-state index contributed by atoms with van der Waals surface area (Å²) in [5.41, 5.74) is 1.52. The van der Waals surface area contributed by atoms with Gasteiger partial charge in [0, 0.05) is 23.2 Å². The first-order valence-corrected chi connectivity index (χ1v) is 11.2. The SMILES string of the molecule is N#CCc1ccc(NC(=O)[C@@H]2CCCN(S(=O)(=O)c3ccc(Br)cc3)C2)cc1. The molecule has 146 valence electrons. The fraction of sp³-hybridized carbons (Fsp3) is 0.300. The summed E-state index contributed by atoms with van der Waals surface area (Å²) in [5, 5.41) is 11.6. The normalized spacial score (nSPS) is 17.6. The molecule has 0 bridgehead atoms. The molecule has 1 atom stereocenters. The van der Waals surface area contributed by atoms with Crippen molar-refractivity contribution in [2.24, 2.45) is 5.92 Å². The molecule has 1 amide bonds. The Labute approximate surface area is 173 Å². The standard InChI is InChI=1S/C20H20BrN3O3S/c21-17-5-9-19(10-6-17)28(26,27)24-13-1-2-16(14-24)20(25)23-18-7-3-15(4-8-18)11-12-22/h3-10,16H,1-2,11,13-14H2,(H,23,25)/t16-/m1/s1. The molecular formula is C20H20BrN3O3S. The molecule has 0 aliphatic carbocycles. The van der Waals surface area contributed by atoms with E-state index in [0.717, 1.165) is 10.0 Å². The number of nitriles is 1. The van der Waals surface area contributed by atoms with Crippen LogP contribution in [-0.2, 0) is 21.2 Å². The first-order chi connectivity index (χ1) is 13.4. The number of piperidine rings is 1. The molecule has 0 aromatic heterocycles. The Kier molecular flexibility index (Phi) is 6.50. The van der Waals surface area contributed by atoms with Crippen molar-refractivity contribution in [1.29, 1.82) is 5.26 Å². The van der Waals surface area contributed by atoms with E-state index >= 15 is 0 Å². The number of nitrogens with one attached hydrogen (secondary N) is 1. The van der Waals surface area contributed by atoms with Crippen LogP contribution in [0.1, 0.15) is 18.4 Å². The molecular weight excluding hydrogens is 442 g/mol. The number of carbonyl (C=O) groups excluding carboxylic acids is 1. The van der Waals surface area contributed by atoms with Crippen molar-refractivity contribution in [3.8, 4) is 6.07 Å². The van der Waals surface area contributed by atoms with Gasteiger partial charge in [-0.1, -0.05) is 28.1 Å². The topological polar surface area (TPSA) is 90.3 Å². The molecule has 1 aliphatic rings. The zero-order chi connectivity index (χ0) is 20.1. The van der Waals surface area contributed by atoms with E-state index in [9.17, 15) is 13.2 Å². The van der Waals surface area contributed by atoms with Crippen molar-refractivity contribution in [3.05, 3.63) is 58.6 Å². The monoisotopic (exact) mass is 461 g/mol. The number of sulfonamides is 1. The molecule has 3 rings (SSSR count). The van der Waals surface area contributed by atoms with Crippen molar-refractivity contribution < 1.29 is 13.2 Å². The minimum Gasteiger partial charge on any atom is -0.326 e. The lowest BCUT2D eigenvalue weighted by Gasteiger charge is -2.31. The van der Waals surface area contributed by atoms with Crippen LogP contribution >= 0.6 is 15.9 Å². The van der Waals surface area contributed by atoms with Crippen molar-refractivity contribution in [2.45, 2.75) is 24.2 Å². The second kappa shape index (κ2) is 8.86. The van der Waals surface area contributed by atoms with Crippen LogP contribution in [-0.4, -0.2) is 31.7 Å². The Bertz CT molecular complexity index is 983. The van der Waals surface area contributed by atoms with Crippen molar-refractivity contribution in [2.75, 3.05) is 18.4 Å². The highest BCUT2D eigenvalue weighted by atomic mass is 79.9. The summed E-state index contributed by atoms with van der Waals surface area (Å²) < 4.78 is 28.0. The zero-order valence-electron chi connectivity index (χ0n) is 15.1. The first kappa shape index (κ1) is 20.5. The fourth-order valence-corrected chi connectivity index (χ4v) is 4.96. The molecule has 6 nitrogen and oxygen atoms in total. The maximum atomic E-state index is 12.9. The van der Waals surface area contributed by atoms with Gasteiger partial charge in [-0.05, 0) is 54.8 Å².